The molecule has 1 aliphatic carbocycles. The Morgan fingerprint density at radius 1 is 0.844 bits per heavy atom. The molecule has 45 heavy (non-hydrogen) atoms. The van der Waals surface area contributed by atoms with E-state index in [0.29, 0.717) is 17.2 Å². The number of hydrogen-bond acceptors (Lipinski definition) is 7. The summed E-state index contributed by atoms with van der Waals surface area (Å²) in [5.41, 5.74) is 1.85. The largest absolute Gasteiger partial charge is 0.497 e. The van der Waals surface area contributed by atoms with Gasteiger partial charge in [-0.2, -0.15) is 0 Å². The van der Waals surface area contributed by atoms with Crippen molar-refractivity contribution in [1.82, 2.24) is 10.2 Å². The second-order valence-corrected chi connectivity index (χ2v) is 13.1. The van der Waals surface area contributed by atoms with E-state index in [9.17, 15) is 18.0 Å². The molecule has 0 unspecified atom stereocenters. The molecule has 10 nitrogen and oxygen atoms in total. The van der Waals surface area contributed by atoms with Crippen LogP contribution in [0.15, 0.2) is 72.8 Å². The third-order valence-electron chi connectivity index (χ3n) is 8.04. The normalized spacial score (nSPS) is 14.2. The van der Waals surface area contributed by atoms with E-state index in [-0.39, 0.29) is 30.6 Å². The highest BCUT2D eigenvalue weighted by Crippen LogP contribution is 2.32. The van der Waals surface area contributed by atoms with Crippen molar-refractivity contribution in [1.29, 1.82) is 0 Å². The third kappa shape index (κ3) is 9.13. The van der Waals surface area contributed by atoms with Gasteiger partial charge >= 0.3 is 0 Å². The summed E-state index contributed by atoms with van der Waals surface area (Å²) in [6, 6.07) is 20.6. The van der Waals surface area contributed by atoms with Crippen molar-refractivity contribution in [2.75, 3.05) is 38.4 Å². The SMILES string of the molecule is COc1cccc(CN(C(=O)CN(c2ccc(OC)c(OC)c2)S(C)(=O)=O)[C@@H](Cc2ccccc2)C(=O)NC2CCCCC2)c1. The fourth-order valence-corrected chi connectivity index (χ4v) is 6.50. The van der Waals surface area contributed by atoms with Gasteiger partial charge < -0.3 is 24.4 Å². The smallest absolute Gasteiger partial charge is 0.244 e. The Labute approximate surface area is 266 Å². The molecule has 1 saturated carbocycles. The van der Waals surface area contributed by atoms with Crippen molar-refractivity contribution < 1.29 is 32.2 Å². The van der Waals surface area contributed by atoms with Crippen LogP contribution >= 0.6 is 0 Å². The van der Waals surface area contributed by atoms with E-state index in [4.69, 9.17) is 14.2 Å². The summed E-state index contributed by atoms with van der Waals surface area (Å²) in [5, 5.41) is 3.21. The molecule has 0 heterocycles. The topological polar surface area (TPSA) is 114 Å². The number of amides is 2. The van der Waals surface area contributed by atoms with Gasteiger partial charge in [0.1, 0.15) is 18.3 Å². The summed E-state index contributed by atoms with van der Waals surface area (Å²) in [5.74, 6) is 0.548. The number of ether oxygens (including phenoxy) is 3. The van der Waals surface area contributed by atoms with Crippen LogP contribution in [0, 0.1) is 0 Å². The molecule has 0 spiro atoms. The van der Waals surface area contributed by atoms with Crippen LogP contribution in [-0.4, -0.2) is 71.3 Å². The molecule has 1 N–H and O–H groups in total. The van der Waals surface area contributed by atoms with E-state index < -0.39 is 28.5 Å². The number of methoxy groups -OCH3 is 3. The zero-order valence-electron chi connectivity index (χ0n) is 26.4. The molecule has 3 aromatic rings. The van der Waals surface area contributed by atoms with Crippen molar-refractivity contribution >= 4 is 27.5 Å². The van der Waals surface area contributed by atoms with Gasteiger partial charge in [-0.15, -0.1) is 0 Å². The monoisotopic (exact) mass is 637 g/mol. The number of benzene rings is 3. The van der Waals surface area contributed by atoms with Gasteiger partial charge in [0, 0.05) is 25.1 Å². The molecular weight excluding hydrogens is 594 g/mol. The molecule has 4 rings (SSSR count). The van der Waals surface area contributed by atoms with Gasteiger partial charge in [0.15, 0.2) is 11.5 Å². The lowest BCUT2D eigenvalue weighted by Gasteiger charge is -2.35. The molecule has 2 amide bonds. The zero-order valence-corrected chi connectivity index (χ0v) is 27.2. The van der Waals surface area contributed by atoms with Gasteiger partial charge in [0.25, 0.3) is 0 Å². The number of sulfonamides is 1. The number of carbonyl (C=O) groups is 2. The predicted molar refractivity (Wildman–Crippen MR) is 174 cm³/mol. The van der Waals surface area contributed by atoms with Crippen molar-refractivity contribution in [3.8, 4) is 17.2 Å². The first-order valence-electron chi connectivity index (χ1n) is 15.1. The first-order valence-corrected chi connectivity index (χ1v) is 16.9. The number of nitrogens with zero attached hydrogens (tertiary/aromatic N) is 2. The lowest BCUT2D eigenvalue weighted by atomic mass is 9.94. The number of nitrogens with one attached hydrogen (secondary N) is 1. The fraction of sp³-hybridized carbons (Fsp3) is 0.412. The van der Waals surface area contributed by atoms with Gasteiger partial charge in [-0.3, -0.25) is 13.9 Å². The third-order valence-corrected chi connectivity index (χ3v) is 9.18. The van der Waals surface area contributed by atoms with E-state index in [1.165, 1.54) is 25.2 Å². The standard InChI is InChI=1S/C34H43N3O7S/c1-42-29-17-11-14-26(20-29)23-36(30(21-25-12-7-5-8-13-25)34(39)35-27-15-9-6-10-16-27)33(38)24-37(45(4,40)41)28-18-19-31(43-2)32(22-28)44-3/h5,7-8,11-14,17-20,22,27,30H,6,9-10,15-16,21,23-24H2,1-4H3,(H,35,39)/t30-/m0/s1. The number of hydrogen-bond donors (Lipinski definition) is 1. The second-order valence-electron chi connectivity index (χ2n) is 11.2. The molecule has 242 valence electrons. The summed E-state index contributed by atoms with van der Waals surface area (Å²) in [6.45, 7) is -0.463. The fourth-order valence-electron chi connectivity index (χ4n) is 5.66. The van der Waals surface area contributed by atoms with E-state index in [1.807, 2.05) is 48.5 Å². The molecule has 11 heteroatoms. The maximum atomic E-state index is 14.4. The summed E-state index contributed by atoms with van der Waals surface area (Å²) in [7, 11) is 0.561. The first-order chi connectivity index (χ1) is 21.6. The Kier molecular flexibility index (Phi) is 11.7. The minimum absolute atomic E-state index is 0.0255. The van der Waals surface area contributed by atoms with Crippen molar-refractivity contribution in [2.45, 2.75) is 57.2 Å². The first kappa shape index (κ1) is 33.6. The van der Waals surface area contributed by atoms with Crippen molar-refractivity contribution in [3.05, 3.63) is 83.9 Å². The lowest BCUT2D eigenvalue weighted by Crippen LogP contribution is -2.55. The Bertz CT molecular complexity index is 1540. The van der Waals surface area contributed by atoms with Gasteiger partial charge in [-0.1, -0.05) is 61.7 Å². The summed E-state index contributed by atoms with van der Waals surface area (Å²) in [4.78, 5) is 30.0. The Morgan fingerprint density at radius 3 is 2.18 bits per heavy atom. The molecule has 1 aliphatic rings. The molecule has 3 aromatic carbocycles. The van der Waals surface area contributed by atoms with Gasteiger partial charge in [0.05, 0.1) is 33.3 Å². The maximum absolute atomic E-state index is 14.4. The van der Waals surface area contributed by atoms with Crippen LogP contribution in [0.4, 0.5) is 5.69 Å². The second kappa shape index (κ2) is 15.7. The van der Waals surface area contributed by atoms with E-state index in [0.717, 1.165) is 53.8 Å². The van der Waals surface area contributed by atoms with Crippen LogP contribution in [0.2, 0.25) is 0 Å². The number of rotatable bonds is 14. The van der Waals surface area contributed by atoms with Gasteiger partial charge in [-0.05, 0) is 48.2 Å². The molecule has 0 radical (unpaired) electrons. The minimum Gasteiger partial charge on any atom is -0.497 e. The molecule has 0 aromatic heterocycles. The molecular formula is C34H43N3O7S. The highest BCUT2D eigenvalue weighted by Gasteiger charge is 2.34. The highest BCUT2D eigenvalue weighted by atomic mass is 32.2. The summed E-state index contributed by atoms with van der Waals surface area (Å²) in [6.07, 6.45) is 6.27. The van der Waals surface area contributed by atoms with E-state index in [2.05, 4.69) is 5.32 Å². The van der Waals surface area contributed by atoms with Crippen LogP contribution in [0.1, 0.15) is 43.2 Å². The molecule has 1 fully saturated rings. The van der Waals surface area contributed by atoms with Gasteiger partial charge in [-0.25, -0.2) is 8.42 Å². The molecule has 0 saturated heterocycles. The van der Waals surface area contributed by atoms with Crippen LogP contribution in [0.3, 0.4) is 0 Å². The molecule has 0 aliphatic heterocycles. The Balaban J connectivity index is 1.75. The van der Waals surface area contributed by atoms with Gasteiger partial charge in [0.2, 0.25) is 21.8 Å². The quantitative estimate of drug-likeness (QED) is 0.276. The number of carbonyl (C=O) groups excluding carboxylic acids is 2. The van der Waals surface area contributed by atoms with Crippen molar-refractivity contribution in [3.63, 3.8) is 0 Å². The molecule has 1 atom stereocenters. The van der Waals surface area contributed by atoms with Crippen LogP contribution in [-0.2, 0) is 32.6 Å². The average molecular weight is 638 g/mol. The predicted octanol–water partition coefficient (Wildman–Crippen LogP) is 4.57. The van der Waals surface area contributed by atoms with E-state index >= 15 is 0 Å². The number of anilines is 1. The van der Waals surface area contributed by atoms with Crippen LogP contribution in [0.25, 0.3) is 0 Å². The molecule has 0 bridgehead atoms. The Morgan fingerprint density at radius 2 is 1.53 bits per heavy atom. The zero-order chi connectivity index (χ0) is 32.4. The van der Waals surface area contributed by atoms with Crippen molar-refractivity contribution in [2.24, 2.45) is 0 Å². The van der Waals surface area contributed by atoms with E-state index in [1.54, 1.807) is 25.3 Å². The lowest BCUT2D eigenvalue weighted by molar-refractivity contribution is -0.140. The van der Waals surface area contributed by atoms with Crippen LogP contribution in [0.5, 0.6) is 17.2 Å². The highest BCUT2D eigenvalue weighted by molar-refractivity contribution is 7.92. The summed E-state index contributed by atoms with van der Waals surface area (Å²) >= 11 is 0. The van der Waals surface area contributed by atoms with Crippen LogP contribution < -0.4 is 23.8 Å². The summed E-state index contributed by atoms with van der Waals surface area (Å²) < 4.78 is 43.4. The maximum Gasteiger partial charge on any atom is 0.244 e. The Hall–Kier alpha value is -4.25. The minimum atomic E-state index is -3.93. The average Bonchev–Trinajstić information content (AvgIpc) is 3.05.